The van der Waals surface area contributed by atoms with Crippen molar-refractivity contribution in [2.24, 2.45) is 0 Å². The molecule has 1 amide bonds. The van der Waals surface area contributed by atoms with E-state index in [9.17, 15) is 4.79 Å². The topological polar surface area (TPSA) is 48.0 Å². The molecule has 128 valence electrons. The van der Waals surface area contributed by atoms with Crippen molar-refractivity contribution >= 4 is 16.9 Å². The average molecular weight is 337 g/mol. The number of ether oxygens (including phenoxy) is 3. The maximum Gasteiger partial charge on any atom is 0.414 e. The van der Waals surface area contributed by atoms with E-state index in [-0.39, 0.29) is 0 Å². The summed E-state index contributed by atoms with van der Waals surface area (Å²) in [6, 6.07) is 18.6. The second-order valence-corrected chi connectivity index (χ2v) is 5.63. The van der Waals surface area contributed by atoms with E-state index in [1.165, 1.54) is 4.90 Å². The predicted molar refractivity (Wildman–Crippen MR) is 96.7 cm³/mol. The quantitative estimate of drug-likeness (QED) is 0.692. The van der Waals surface area contributed by atoms with Gasteiger partial charge in [0, 0.05) is 30.9 Å². The van der Waals surface area contributed by atoms with Gasteiger partial charge < -0.3 is 19.1 Å². The Morgan fingerprint density at radius 2 is 1.52 bits per heavy atom. The smallest absolute Gasteiger partial charge is 0.414 e. The van der Waals surface area contributed by atoms with Crippen LogP contribution in [0.4, 0.5) is 4.79 Å². The van der Waals surface area contributed by atoms with E-state index in [0.717, 1.165) is 10.8 Å². The van der Waals surface area contributed by atoms with Crippen LogP contribution in [0.5, 0.6) is 23.0 Å². The summed E-state index contributed by atoms with van der Waals surface area (Å²) >= 11 is 0. The van der Waals surface area contributed by atoms with Crippen molar-refractivity contribution in [1.82, 2.24) is 4.90 Å². The second kappa shape index (κ2) is 7.13. The van der Waals surface area contributed by atoms with Crippen molar-refractivity contribution in [2.45, 2.75) is 0 Å². The molecule has 0 saturated carbocycles. The van der Waals surface area contributed by atoms with Crippen LogP contribution in [-0.2, 0) is 0 Å². The monoisotopic (exact) mass is 337 g/mol. The van der Waals surface area contributed by atoms with Crippen molar-refractivity contribution in [3.05, 3.63) is 60.7 Å². The van der Waals surface area contributed by atoms with E-state index in [0.29, 0.717) is 23.0 Å². The van der Waals surface area contributed by atoms with Gasteiger partial charge in [-0.1, -0.05) is 42.5 Å². The summed E-state index contributed by atoms with van der Waals surface area (Å²) in [6.07, 6.45) is -0.478. The summed E-state index contributed by atoms with van der Waals surface area (Å²) < 4.78 is 17.0. The van der Waals surface area contributed by atoms with Crippen LogP contribution in [0.2, 0.25) is 0 Å². The highest BCUT2D eigenvalue weighted by molar-refractivity contribution is 5.97. The number of carbonyl (C=O) groups is 1. The Hall–Kier alpha value is -3.21. The normalized spacial score (nSPS) is 10.4. The van der Waals surface area contributed by atoms with Crippen LogP contribution in [0, 0.1) is 0 Å². The number of methoxy groups -OCH3 is 1. The van der Waals surface area contributed by atoms with E-state index in [2.05, 4.69) is 0 Å². The molecule has 5 heteroatoms. The number of para-hydroxylation sites is 1. The molecular weight excluding hydrogens is 318 g/mol. The van der Waals surface area contributed by atoms with Gasteiger partial charge in [0.2, 0.25) is 0 Å². The Morgan fingerprint density at radius 1 is 0.880 bits per heavy atom. The third-order valence-electron chi connectivity index (χ3n) is 3.67. The number of benzene rings is 3. The Labute approximate surface area is 146 Å². The Balaban J connectivity index is 2.16. The van der Waals surface area contributed by atoms with Crippen LogP contribution >= 0.6 is 0 Å². The number of amides is 1. The van der Waals surface area contributed by atoms with Gasteiger partial charge in [-0.05, 0) is 12.1 Å². The maximum absolute atomic E-state index is 12.1. The Bertz CT molecular complexity index is 891. The molecule has 0 aliphatic heterocycles. The lowest BCUT2D eigenvalue weighted by molar-refractivity contribution is 0.171. The van der Waals surface area contributed by atoms with E-state index in [1.807, 2.05) is 54.6 Å². The van der Waals surface area contributed by atoms with Crippen molar-refractivity contribution < 1.29 is 19.0 Å². The van der Waals surface area contributed by atoms with E-state index in [1.54, 1.807) is 27.3 Å². The van der Waals surface area contributed by atoms with Gasteiger partial charge in [0.25, 0.3) is 0 Å². The lowest BCUT2D eigenvalue weighted by Gasteiger charge is -2.18. The van der Waals surface area contributed by atoms with Gasteiger partial charge in [0.1, 0.15) is 11.5 Å². The summed E-state index contributed by atoms with van der Waals surface area (Å²) in [7, 11) is 4.86. The van der Waals surface area contributed by atoms with Crippen molar-refractivity contribution in [3.8, 4) is 23.0 Å². The van der Waals surface area contributed by atoms with Gasteiger partial charge in [-0.2, -0.15) is 0 Å². The van der Waals surface area contributed by atoms with Crippen LogP contribution in [0.15, 0.2) is 60.7 Å². The highest BCUT2D eigenvalue weighted by Crippen LogP contribution is 2.43. The molecule has 25 heavy (non-hydrogen) atoms. The molecule has 0 saturated heterocycles. The molecule has 0 aliphatic carbocycles. The minimum absolute atomic E-state index is 0.360. The number of rotatable bonds is 4. The minimum Gasteiger partial charge on any atom is -0.496 e. The van der Waals surface area contributed by atoms with Crippen LogP contribution < -0.4 is 14.2 Å². The van der Waals surface area contributed by atoms with Crippen LogP contribution in [-0.4, -0.2) is 32.2 Å². The average Bonchev–Trinajstić information content (AvgIpc) is 2.64. The summed E-state index contributed by atoms with van der Waals surface area (Å²) in [5.41, 5.74) is 0. The maximum atomic E-state index is 12.1. The number of fused-ring (bicyclic) bond motifs is 1. The molecule has 0 radical (unpaired) electrons. The molecule has 0 aliphatic rings. The van der Waals surface area contributed by atoms with Gasteiger partial charge in [-0.3, -0.25) is 0 Å². The third kappa shape index (κ3) is 3.50. The zero-order valence-electron chi connectivity index (χ0n) is 14.4. The summed E-state index contributed by atoms with van der Waals surface area (Å²) in [4.78, 5) is 13.5. The van der Waals surface area contributed by atoms with E-state index < -0.39 is 6.09 Å². The van der Waals surface area contributed by atoms with E-state index in [4.69, 9.17) is 14.2 Å². The highest BCUT2D eigenvalue weighted by atomic mass is 16.6. The lowest BCUT2D eigenvalue weighted by Crippen LogP contribution is -2.25. The summed E-state index contributed by atoms with van der Waals surface area (Å²) in [5, 5.41) is 1.58. The molecule has 0 spiro atoms. The molecule has 0 atom stereocenters. The van der Waals surface area contributed by atoms with Crippen LogP contribution in [0.25, 0.3) is 10.8 Å². The molecule has 0 bridgehead atoms. The molecule has 5 nitrogen and oxygen atoms in total. The molecule has 0 aromatic heterocycles. The van der Waals surface area contributed by atoms with Crippen molar-refractivity contribution in [1.29, 1.82) is 0 Å². The largest absolute Gasteiger partial charge is 0.496 e. The molecule has 0 unspecified atom stereocenters. The highest BCUT2D eigenvalue weighted by Gasteiger charge is 2.19. The van der Waals surface area contributed by atoms with Gasteiger partial charge in [-0.25, -0.2) is 4.79 Å². The van der Waals surface area contributed by atoms with Crippen molar-refractivity contribution in [2.75, 3.05) is 21.2 Å². The number of hydrogen-bond donors (Lipinski definition) is 0. The molecular formula is C20H19NO4. The fourth-order valence-corrected chi connectivity index (χ4v) is 2.44. The minimum atomic E-state index is -0.478. The fraction of sp³-hybridized carbons (Fsp3) is 0.150. The van der Waals surface area contributed by atoms with Gasteiger partial charge in [-0.15, -0.1) is 0 Å². The van der Waals surface area contributed by atoms with Crippen LogP contribution in [0.3, 0.4) is 0 Å². The van der Waals surface area contributed by atoms with Gasteiger partial charge in [0.05, 0.1) is 7.11 Å². The first-order valence-corrected chi connectivity index (χ1v) is 7.82. The lowest BCUT2D eigenvalue weighted by atomic mass is 10.1. The standard InChI is InChI=1S/C20H19NO4/c1-21(2)20(22)25-19-16-12-8-7-11-15(16)17(23-3)13-18(19)24-14-9-5-4-6-10-14/h4-13H,1-3H3. The predicted octanol–water partition coefficient (Wildman–Crippen LogP) is 4.70. The summed E-state index contributed by atoms with van der Waals surface area (Å²) in [5.74, 6) is 2.06. The number of nitrogens with zero attached hydrogens (tertiary/aromatic N) is 1. The number of carbonyl (C=O) groups excluding carboxylic acids is 1. The molecule has 3 aromatic carbocycles. The Kier molecular flexibility index (Phi) is 4.75. The fourth-order valence-electron chi connectivity index (χ4n) is 2.44. The first-order chi connectivity index (χ1) is 12.1. The SMILES string of the molecule is COc1cc(Oc2ccccc2)c(OC(=O)N(C)C)c2ccccc12. The molecule has 0 heterocycles. The van der Waals surface area contributed by atoms with Gasteiger partial charge in [0.15, 0.2) is 11.5 Å². The number of hydrogen-bond acceptors (Lipinski definition) is 4. The Morgan fingerprint density at radius 3 is 2.16 bits per heavy atom. The first kappa shape index (κ1) is 16.6. The third-order valence-corrected chi connectivity index (χ3v) is 3.67. The zero-order chi connectivity index (χ0) is 17.8. The van der Waals surface area contributed by atoms with Crippen molar-refractivity contribution in [3.63, 3.8) is 0 Å². The van der Waals surface area contributed by atoms with Gasteiger partial charge >= 0.3 is 6.09 Å². The molecule has 3 aromatic rings. The second-order valence-electron chi connectivity index (χ2n) is 5.63. The zero-order valence-corrected chi connectivity index (χ0v) is 14.4. The van der Waals surface area contributed by atoms with Crippen LogP contribution in [0.1, 0.15) is 0 Å². The molecule has 0 N–H and O–H groups in total. The van der Waals surface area contributed by atoms with E-state index >= 15 is 0 Å². The summed E-state index contributed by atoms with van der Waals surface area (Å²) in [6.45, 7) is 0. The molecule has 3 rings (SSSR count). The molecule has 0 fully saturated rings. The first-order valence-electron chi connectivity index (χ1n) is 7.82.